The molecule has 0 heterocycles. The molecule has 0 aromatic heterocycles. The maximum atomic E-state index is 12.1. The average Bonchev–Trinajstić information content (AvgIpc) is 2.60. The summed E-state index contributed by atoms with van der Waals surface area (Å²) in [5.74, 6) is -0.461. The van der Waals surface area contributed by atoms with E-state index in [9.17, 15) is 9.59 Å². The molecule has 0 bridgehead atoms. The zero-order chi connectivity index (χ0) is 18.2. The lowest BCUT2D eigenvalue weighted by Gasteiger charge is -2.13. The number of hydrogen-bond acceptors (Lipinski definition) is 4. The highest BCUT2D eigenvalue weighted by Crippen LogP contribution is 2.24. The van der Waals surface area contributed by atoms with Gasteiger partial charge in [-0.15, -0.1) is 0 Å². The minimum Gasteiger partial charge on any atom is -0.469 e. The fourth-order valence-corrected chi connectivity index (χ4v) is 2.62. The number of carbonyl (C=O) groups is 2. The molecule has 0 amide bonds. The van der Waals surface area contributed by atoms with Crippen molar-refractivity contribution in [1.82, 2.24) is 0 Å². The van der Waals surface area contributed by atoms with E-state index in [2.05, 4.69) is 15.9 Å². The Labute approximate surface area is 155 Å². The van der Waals surface area contributed by atoms with E-state index in [0.29, 0.717) is 12.2 Å². The average molecular weight is 403 g/mol. The van der Waals surface area contributed by atoms with Gasteiger partial charge in [-0.1, -0.05) is 52.3 Å². The SMILES string of the molecule is COC(=O)[C@@H](C/C=C/c1ccc(OC(C)=O)cc1)c1ccc(Br)cc1. The number of hydrogen-bond donors (Lipinski definition) is 0. The van der Waals surface area contributed by atoms with Gasteiger partial charge in [-0.25, -0.2) is 0 Å². The number of ether oxygens (including phenoxy) is 2. The van der Waals surface area contributed by atoms with Gasteiger partial charge in [0, 0.05) is 11.4 Å². The summed E-state index contributed by atoms with van der Waals surface area (Å²) < 4.78 is 10.9. The van der Waals surface area contributed by atoms with Gasteiger partial charge < -0.3 is 9.47 Å². The molecule has 2 aromatic rings. The van der Waals surface area contributed by atoms with Crippen molar-refractivity contribution in [1.29, 1.82) is 0 Å². The predicted octanol–water partition coefficient (Wildman–Crippen LogP) is 4.73. The van der Waals surface area contributed by atoms with Crippen LogP contribution in [0, 0.1) is 0 Å². The van der Waals surface area contributed by atoms with Gasteiger partial charge in [-0.3, -0.25) is 9.59 Å². The number of allylic oxidation sites excluding steroid dienone is 1. The van der Waals surface area contributed by atoms with Gasteiger partial charge in [0.2, 0.25) is 0 Å². The maximum Gasteiger partial charge on any atom is 0.313 e. The van der Waals surface area contributed by atoms with E-state index in [1.54, 1.807) is 12.1 Å². The highest BCUT2D eigenvalue weighted by Gasteiger charge is 2.19. The van der Waals surface area contributed by atoms with Crippen molar-refractivity contribution < 1.29 is 19.1 Å². The molecule has 0 unspecified atom stereocenters. The summed E-state index contributed by atoms with van der Waals surface area (Å²) in [4.78, 5) is 23.0. The molecule has 0 saturated carbocycles. The molecule has 4 nitrogen and oxygen atoms in total. The van der Waals surface area contributed by atoms with E-state index in [1.807, 2.05) is 48.6 Å². The van der Waals surface area contributed by atoms with Crippen molar-refractivity contribution in [3.63, 3.8) is 0 Å². The Morgan fingerprint density at radius 3 is 2.28 bits per heavy atom. The minimum atomic E-state index is -0.352. The minimum absolute atomic E-state index is 0.267. The number of halogens is 1. The first-order chi connectivity index (χ1) is 12.0. The highest BCUT2D eigenvalue weighted by atomic mass is 79.9. The Morgan fingerprint density at radius 1 is 1.08 bits per heavy atom. The van der Waals surface area contributed by atoms with Crippen LogP contribution in [0.2, 0.25) is 0 Å². The van der Waals surface area contributed by atoms with Crippen LogP contribution in [0.25, 0.3) is 6.08 Å². The molecule has 0 saturated heterocycles. The van der Waals surface area contributed by atoms with E-state index < -0.39 is 0 Å². The summed E-state index contributed by atoms with van der Waals surface area (Å²) in [6, 6.07) is 14.8. The first kappa shape index (κ1) is 18.9. The molecular weight excluding hydrogens is 384 g/mol. The number of carbonyl (C=O) groups excluding carboxylic acids is 2. The van der Waals surface area contributed by atoms with Gasteiger partial charge in [0.15, 0.2) is 0 Å². The van der Waals surface area contributed by atoms with Crippen LogP contribution in [-0.4, -0.2) is 19.0 Å². The van der Waals surface area contributed by atoms with Gasteiger partial charge in [0.05, 0.1) is 13.0 Å². The molecule has 0 aliphatic heterocycles. The molecule has 2 aromatic carbocycles. The van der Waals surface area contributed by atoms with Crippen molar-refractivity contribution >= 4 is 33.9 Å². The van der Waals surface area contributed by atoms with Crippen molar-refractivity contribution in [2.75, 3.05) is 7.11 Å². The summed E-state index contributed by atoms with van der Waals surface area (Å²) in [7, 11) is 1.39. The topological polar surface area (TPSA) is 52.6 Å². The van der Waals surface area contributed by atoms with E-state index in [4.69, 9.17) is 9.47 Å². The maximum absolute atomic E-state index is 12.1. The Balaban J connectivity index is 2.06. The molecule has 0 fully saturated rings. The fraction of sp³-hybridized carbons (Fsp3) is 0.200. The first-order valence-electron chi connectivity index (χ1n) is 7.78. The second kappa shape index (κ2) is 9.18. The number of methoxy groups -OCH3 is 1. The quantitative estimate of drug-likeness (QED) is 0.517. The second-order valence-corrected chi connectivity index (χ2v) is 6.34. The molecule has 0 radical (unpaired) electrons. The first-order valence-corrected chi connectivity index (χ1v) is 8.57. The predicted molar refractivity (Wildman–Crippen MR) is 100 cm³/mol. The van der Waals surface area contributed by atoms with Gasteiger partial charge in [0.25, 0.3) is 0 Å². The van der Waals surface area contributed by atoms with Gasteiger partial charge >= 0.3 is 11.9 Å². The lowest BCUT2D eigenvalue weighted by molar-refractivity contribution is -0.142. The van der Waals surface area contributed by atoms with Crippen LogP contribution < -0.4 is 4.74 Å². The third-order valence-corrected chi connectivity index (χ3v) is 4.11. The van der Waals surface area contributed by atoms with E-state index in [1.165, 1.54) is 14.0 Å². The largest absolute Gasteiger partial charge is 0.469 e. The summed E-state index contributed by atoms with van der Waals surface area (Å²) in [6.45, 7) is 1.36. The Kier molecular flexibility index (Phi) is 6.95. The van der Waals surface area contributed by atoms with Crippen molar-refractivity contribution in [3.05, 3.63) is 70.2 Å². The fourth-order valence-electron chi connectivity index (χ4n) is 2.36. The highest BCUT2D eigenvalue weighted by molar-refractivity contribution is 9.10. The number of rotatable bonds is 6. The van der Waals surface area contributed by atoms with E-state index in [-0.39, 0.29) is 17.9 Å². The van der Waals surface area contributed by atoms with Gasteiger partial charge in [-0.2, -0.15) is 0 Å². The molecule has 0 aliphatic carbocycles. The zero-order valence-corrected chi connectivity index (χ0v) is 15.7. The van der Waals surface area contributed by atoms with E-state index in [0.717, 1.165) is 15.6 Å². The third kappa shape index (κ3) is 5.87. The van der Waals surface area contributed by atoms with Crippen LogP contribution in [0.3, 0.4) is 0 Å². The Hall–Kier alpha value is -2.40. The monoisotopic (exact) mass is 402 g/mol. The molecule has 5 heteroatoms. The lowest BCUT2D eigenvalue weighted by atomic mass is 9.95. The van der Waals surface area contributed by atoms with Crippen LogP contribution in [0.1, 0.15) is 30.4 Å². The van der Waals surface area contributed by atoms with Gasteiger partial charge in [-0.05, 0) is 41.8 Å². The van der Waals surface area contributed by atoms with Gasteiger partial charge in [0.1, 0.15) is 5.75 Å². The summed E-state index contributed by atoms with van der Waals surface area (Å²) in [5, 5.41) is 0. The molecule has 0 aliphatic rings. The number of benzene rings is 2. The normalized spacial score (nSPS) is 12.0. The van der Waals surface area contributed by atoms with Crippen molar-refractivity contribution in [3.8, 4) is 5.75 Å². The summed E-state index contributed by atoms with van der Waals surface area (Å²) >= 11 is 3.39. The standard InChI is InChI=1S/C20H19BrO4/c1-14(22)25-18-12-6-15(7-13-18)4-3-5-19(20(23)24-2)16-8-10-17(21)11-9-16/h3-4,6-13,19H,5H2,1-2H3/b4-3+/t19-/m0/s1. The number of esters is 2. The molecule has 0 N–H and O–H groups in total. The third-order valence-electron chi connectivity index (χ3n) is 3.58. The van der Waals surface area contributed by atoms with Crippen molar-refractivity contribution in [2.24, 2.45) is 0 Å². The van der Waals surface area contributed by atoms with Crippen molar-refractivity contribution in [2.45, 2.75) is 19.3 Å². The van der Waals surface area contributed by atoms with Crippen LogP contribution in [0.4, 0.5) is 0 Å². The Bertz CT molecular complexity index is 748. The molecule has 130 valence electrons. The molecule has 1 atom stereocenters. The summed E-state index contributed by atoms with van der Waals surface area (Å²) in [5.41, 5.74) is 1.86. The molecule has 2 rings (SSSR count). The van der Waals surface area contributed by atoms with Crippen LogP contribution in [0.15, 0.2) is 59.1 Å². The Morgan fingerprint density at radius 2 is 1.72 bits per heavy atom. The van der Waals surface area contributed by atoms with Crippen LogP contribution in [0.5, 0.6) is 5.75 Å². The van der Waals surface area contributed by atoms with Crippen LogP contribution in [-0.2, 0) is 14.3 Å². The second-order valence-electron chi connectivity index (χ2n) is 5.43. The smallest absolute Gasteiger partial charge is 0.313 e. The summed E-state index contributed by atoms with van der Waals surface area (Å²) in [6.07, 6.45) is 4.39. The molecule has 0 spiro atoms. The zero-order valence-electron chi connectivity index (χ0n) is 14.1. The van der Waals surface area contributed by atoms with E-state index >= 15 is 0 Å². The molecule has 25 heavy (non-hydrogen) atoms. The lowest BCUT2D eigenvalue weighted by Crippen LogP contribution is -2.13. The van der Waals surface area contributed by atoms with Crippen LogP contribution >= 0.6 is 15.9 Å². The molecular formula is C20H19BrO4.